The summed E-state index contributed by atoms with van der Waals surface area (Å²) in [6.07, 6.45) is 3.73. The minimum Gasteiger partial charge on any atom is -0.491 e. The van der Waals surface area contributed by atoms with Crippen molar-refractivity contribution in [2.75, 3.05) is 0 Å². The second kappa shape index (κ2) is 4.92. The number of nitrogens with zero attached hydrogens (tertiary/aromatic N) is 1. The highest BCUT2D eigenvalue weighted by atomic mass is 79.9. The van der Waals surface area contributed by atoms with Gasteiger partial charge >= 0.3 is 0 Å². The molecule has 0 fully saturated rings. The normalized spacial score (nSPS) is 10.9. The molecule has 0 aliphatic heterocycles. The molecule has 1 aromatic heterocycles. The smallest absolute Gasteiger partial charge is 0.138 e. The lowest BCUT2D eigenvalue weighted by Gasteiger charge is -2.15. The Morgan fingerprint density at radius 1 is 1.35 bits per heavy atom. The largest absolute Gasteiger partial charge is 0.491 e. The molecule has 3 nitrogen and oxygen atoms in total. The number of benzene rings is 1. The van der Waals surface area contributed by atoms with Crippen LogP contribution >= 0.6 is 15.9 Å². The summed E-state index contributed by atoms with van der Waals surface area (Å²) in [5, 5.41) is 0. The van der Waals surface area contributed by atoms with Gasteiger partial charge in [-0.3, -0.25) is 0 Å². The summed E-state index contributed by atoms with van der Waals surface area (Å²) in [6.45, 7) is 6.09. The molecule has 1 N–H and O–H groups in total. The van der Waals surface area contributed by atoms with Gasteiger partial charge in [0.2, 0.25) is 0 Å². The summed E-state index contributed by atoms with van der Waals surface area (Å²) in [4.78, 5) is 7.41. The first-order valence-corrected chi connectivity index (χ1v) is 6.34. The first kappa shape index (κ1) is 12.2. The van der Waals surface area contributed by atoms with E-state index in [1.807, 2.05) is 39.1 Å². The van der Waals surface area contributed by atoms with Crippen LogP contribution < -0.4 is 4.74 Å². The molecular weight excluding hydrogens is 280 g/mol. The van der Waals surface area contributed by atoms with E-state index < -0.39 is 0 Å². The first-order valence-electron chi connectivity index (χ1n) is 5.55. The van der Waals surface area contributed by atoms with E-state index in [0.29, 0.717) is 0 Å². The Morgan fingerprint density at radius 3 is 2.71 bits per heavy atom. The molecule has 1 aromatic carbocycles. The minimum atomic E-state index is 0.166. The van der Waals surface area contributed by atoms with Crippen LogP contribution in [0.25, 0.3) is 11.4 Å². The van der Waals surface area contributed by atoms with Crippen molar-refractivity contribution < 1.29 is 4.74 Å². The van der Waals surface area contributed by atoms with Gasteiger partial charge in [-0.25, -0.2) is 4.98 Å². The van der Waals surface area contributed by atoms with E-state index in [4.69, 9.17) is 4.74 Å². The van der Waals surface area contributed by atoms with Gasteiger partial charge in [0, 0.05) is 28.0 Å². The van der Waals surface area contributed by atoms with Crippen molar-refractivity contribution in [3.63, 3.8) is 0 Å². The average Bonchev–Trinajstić information content (AvgIpc) is 2.75. The van der Waals surface area contributed by atoms with Crippen molar-refractivity contribution >= 4 is 15.9 Å². The fourth-order valence-electron chi connectivity index (χ4n) is 1.73. The lowest BCUT2D eigenvalue weighted by Crippen LogP contribution is -2.07. The van der Waals surface area contributed by atoms with Gasteiger partial charge in [0.1, 0.15) is 11.6 Å². The SMILES string of the molecule is Cc1c(OC(C)C)ccc(Br)c1-c1ncc[nH]1. The first-order chi connectivity index (χ1) is 8.09. The third-order valence-corrected chi connectivity index (χ3v) is 3.12. The minimum absolute atomic E-state index is 0.166. The van der Waals surface area contributed by atoms with Crippen molar-refractivity contribution in [2.24, 2.45) is 0 Å². The standard InChI is InChI=1S/C13H15BrN2O/c1-8(2)17-11-5-4-10(14)12(9(11)3)13-15-6-7-16-13/h4-8H,1-3H3,(H,15,16). The number of aromatic amines is 1. The third-order valence-electron chi connectivity index (χ3n) is 2.46. The molecule has 4 heteroatoms. The Hall–Kier alpha value is -1.29. The van der Waals surface area contributed by atoms with E-state index in [1.165, 1.54) is 0 Å². The second-order valence-electron chi connectivity index (χ2n) is 4.15. The molecule has 2 aromatic rings. The summed E-state index contributed by atoms with van der Waals surface area (Å²) in [6, 6.07) is 3.97. The number of hydrogen-bond donors (Lipinski definition) is 1. The molecule has 0 saturated carbocycles. The van der Waals surface area contributed by atoms with Gasteiger partial charge in [-0.05, 0) is 32.9 Å². The number of rotatable bonds is 3. The Balaban J connectivity index is 2.51. The van der Waals surface area contributed by atoms with Crippen molar-refractivity contribution in [3.05, 3.63) is 34.6 Å². The molecule has 0 aliphatic carbocycles. The van der Waals surface area contributed by atoms with Crippen LogP contribution in [-0.2, 0) is 0 Å². The quantitative estimate of drug-likeness (QED) is 0.931. The van der Waals surface area contributed by atoms with E-state index in [2.05, 4.69) is 25.9 Å². The summed E-state index contributed by atoms with van der Waals surface area (Å²) in [5.41, 5.74) is 2.14. The molecule has 0 spiro atoms. The van der Waals surface area contributed by atoms with E-state index >= 15 is 0 Å². The summed E-state index contributed by atoms with van der Waals surface area (Å²) < 4.78 is 6.79. The number of imidazole rings is 1. The Morgan fingerprint density at radius 2 is 2.12 bits per heavy atom. The monoisotopic (exact) mass is 294 g/mol. The van der Waals surface area contributed by atoms with Crippen LogP contribution in [0.15, 0.2) is 29.0 Å². The lowest BCUT2D eigenvalue weighted by molar-refractivity contribution is 0.241. The van der Waals surface area contributed by atoms with Crippen LogP contribution in [0.2, 0.25) is 0 Å². The number of hydrogen-bond acceptors (Lipinski definition) is 2. The maximum absolute atomic E-state index is 5.78. The zero-order chi connectivity index (χ0) is 12.4. The van der Waals surface area contributed by atoms with Gasteiger partial charge in [0.15, 0.2) is 0 Å². The fourth-order valence-corrected chi connectivity index (χ4v) is 2.35. The molecular formula is C13H15BrN2O. The highest BCUT2D eigenvalue weighted by Crippen LogP contribution is 2.35. The molecule has 2 rings (SSSR count). The van der Waals surface area contributed by atoms with Crippen LogP contribution in [0.4, 0.5) is 0 Å². The number of halogens is 1. The Bertz CT molecular complexity index is 506. The molecule has 0 amide bonds. The van der Waals surface area contributed by atoms with Gasteiger partial charge in [-0.15, -0.1) is 0 Å². The van der Waals surface area contributed by atoms with Gasteiger partial charge < -0.3 is 9.72 Å². The van der Waals surface area contributed by atoms with Gasteiger partial charge in [-0.1, -0.05) is 15.9 Å². The molecule has 0 radical (unpaired) electrons. The van der Waals surface area contributed by atoms with Crippen LogP contribution in [0.5, 0.6) is 5.75 Å². The molecule has 0 saturated heterocycles. The summed E-state index contributed by atoms with van der Waals surface area (Å²) >= 11 is 3.55. The van der Waals surface area contributed by atoms with Crippen molar-refractivity contribution in [1.29, 1.82) is 0 Å². The molecule has 90 valence electrons. The van der Waals surface area contributed by atoms with Crippen LogP contribution in [0.1, 0.15) is 19.4 Å². The average molecular weight is 295 g/mol. The maximum Gasteiger partial charge on any atom is 0.138 e. The van der Waals surface area contributed by atoms with Gasteiger partial charge in [-0.2, -0.15) is 0 Å². The van der Waals surface area contributed by atoms with Crippen molar-refractivity contribution in [1.82, 2.24) is 9.97 Å². The highest BCUT2D eigenvalue weighted by molar-refractivity contribution is 9.10. The van der Waals surface area contributed by atoms with Crippen LogP contribution in [0, 0.1) is 6.92 Å². The highest BCUT2D eigenvalue weighted by Gasteiger charge is 2.13. The number of H-pyrrole nitrogens is 1. The van der Waals surface area contributed by atoms with Crippen molar-refractivity contribution in [2.45, 2.75) is 26.9 Å². The predicted octanol–water partition coefficient (Wildman–Crippen LogP) is 3.93. The van der Waals surface area contributed by atoms with Gasteiger partial charge in [0.05, 0.1) is 6.10 Å². The number of ether oxygens (including phenoxy) is 1. The zero-order valence-corrected chi connectivity index (χ0v) is 11.7. The van der Waals surface area contributed by atoms with Crippen LogP contribution in [-0.4, -0.2) is 16.1 Å². The Labute approximate surface area is 109 Å². The molecule has 0 unspecified atom stereocenters. The third kappa shape index (κ3) is 2.52. The topological polar surface area (TPSA) is 37.9 Å². The van der Waals surface area contributed by atoms with Crippen LogP contribution in [0.3, 0.4) is 0 Å². The van der Waals surface area contributed by atoms with E-state index in [1.54, 1.807) is 6.20 Å². The summed E-state index contributed by atoms with van der Waals surface area (Å²) in [5.74, 6) is 1.75. The lowest BCUT2D eigenvalue weighted by atomic mass is 10.1. The maximum atomic E-state index is 5.78. The summed E-state index contributed by atoms with van der Waals surface area (Å²) in [7, 11) is 0. The zero-order valence-electron chi connectivity index (χ0n) is 10.1. The Kier molecular flexibility index (Phi) is 3.52. The number of aromatic nitrogens is 2. The second-order valence-corrected chi connectivity index (χ2v) is 5.00. The van der Waals surface area contributed by atoms with Crippen molar-refractivity contribution in [3.8, 4) is 17.1 Å². The number of nitrogens with one attached hydrogen (secondary N) is 1. The van der Waals surface area contributed by atoms with E-state index in [-0.39, 0.29) is 6.10 Å². The predicted molar refractivity (Wildman–Crippen MR) is 72.2 cm³/mol. The molecule has 17 heavy (non-hydrogen) atoms. The molecule has 0 aliphatic rings. The van der Waals surface area contributed by atoms with E-state index in [0.717, 1.165) is 27.2 Å². The molecule has 0 atom stereocenters. The van der Waals surface area contributed by atoms with Gasteiger partial charge in [0.25, 0.3) is 0 Å². The van der Waals surface area contributed by atoms with E-state index in [9.17, 15) is 0 Å². The fraction of sp³-hybridized carbons (Fsp3) is 0.308. The molecule has 1 heterocycles. The molecule has 0 bridgehead atoms.